The predicted octanol–water partition coefficient (Wildman–Crippen LogP) is 1.63. The monoisotopic (exact) mass is 343 g/mol. The molecule has 7 heteroatoms. The molecule has 0 atom stereocenters. The maximum atomic E-state index is 12.9. The summed E-state index contributed by atoms with van der Waals surface area (Å²) in [4.78, 5) is 30.4. The van der Waals surface area contributed by atoms with Crippen molar-refractivity contribution in [1.29, 1.82) is 0 Å². The van der Waals surface area contributed by atoms with Crippen LogP contribution in [0.25, 0.3) is 11.3 Å². The molecule has 1 fully saturated rings. The van der Waals surface area contributed by atoms with Crippen molar-refractivity contribution in [2.45, 2.75) is 13.3 Å². The number of carbonyl (C=O) groups excluding carboxylic acids is 2. The molecule has 0 unspecified atom stereocenters. The number of benzene rings is 1. The van der Waals surface area contributed by atoms with Gasteiger partial charge in [0.1, 0.15) is 0 Å². The standard InChI is InChI=1S/C18H21N3O4/c1-13-3-2-4-14(11-13)17-16(20-12-25-17)18(23)21-7-5-15(22)19-6-9-24-10-8-21/h2-4,11-12H,5-10H2,1H3,(H,19,22). The van der Waals surface area contributed by atoms with Crippen molar-refractivity contribution >= 4 is 11.8 Å². The topological polar surface area (TPSA) is 84.7 Å². The highest BCUT2D eigenvalue weighted by Crippen LogP contribution is 2.25. The number of aryl methyl sites for hydroxylation is 1. The first kappa shape index (κ1) is 17.2. The number of oxazole rings is 1. The van der Waals surface area contributed by atoms with Crippen LogP contribution in [0.4, 0.5) is 0 Å². The Kier molecular flexibility index (Phi) is 5.45. The first-order chi connectivity index (χ1) is 12.1. The van der Waals surface area contributed by atoms with Gasteiger partial charge in [0.05, 0.1) is 13.2 Å². The molecule has 1 aliphatic heterocycles. The zero-order valence-corrected chi connectivity index (χ0v) is 14.2. The van der Waals surface area contributed by atoms with E-state index >= 15 is 0 Å². The van der Waals surface area contributed by atoms with Gasteiger partial charge < -0.3 is 19.4 Å². The van der Waals surface area contributed by atoms with Gasteiger partial charge in [0, 0.05) is 31.6 Å². The highest BCUT2D eigenvalue weighted by atomic mass is 16.5. The Morgan fingerprint density at radius 1 is 1.28 bits per heavy atom. The van der Waals surface area contributed by atoms with E-state index in [1.807, 2.05) is 31.2 Å². The van der Waals surface area contributed by atoms with E-state index in [4.69, 9.17) is 9.15 Å². The van der Waals surface area contributed by atoms with Gasteiger partial charge in [0.25, 0.3) is 5.91 Å². The van der Waals surface area contributed by atoms with Crippen molar-refractivity contribution in [3.05, 3.63) is 41.9 Å². The third-order valence-electron chi connectivity index (χ3n) is 4.02. The van der Waals surface area contributed by atoms with Crippen LogP contribution < -0.4 is 5.32 Å². The van der Waals surface area contributed by atoms with Gasteiger partial charge in [0.2, 0.25) is 5.91 Å². The number of aromatic nitrogens is 1. The van der Waals surface area contributed by atoms with E-state index in [-0.39, 0.29) is 23.9 Å². The third-order valence-corrected chi connectivity index (χ3v) is 4.02. The quantitative estimate of drug-likeness (QED) is 0.896. The van der Waals surface area contributed by atoms with Crippen LogP contribution in [0, 0.1) is 6.92 Å². The van der Waals surface area contributed by atoms with E-state index in [9.17, 15) is 9.59 Å². The van der Waals surface area contributed by atoms with E-state index in [0.29, 0.717) is 38.6 Å². The van der Waals surface area contributed by atoms with Gasteiger partial charge in [-0.05, 0) is 13.0 Å². The first-order valence-electron chi connectivity index (χ1n) is 8.29. The van der Waals surface area contributed by atoms with E-state index in [2.05, 4.69) is 10.3 Å². The van der Waals surface area contributed by atoms with Crippen molar-refractivity contribution in [2.75, 3.05) is 32.8 Å². The summed E-state index contributed by atoms with van der Waals surface area (Å²) in [6.07, 6.45) is 1.53. The predicted molar refractivity (Wildman–Crippen MR) is 91.0 cm³/mol. The molecule has 3 rings (SSSR count). The van der Waals surface area contributed by atoms with Gasteiger partial charge in [-0.1, -0.05) is 23.8 Å². The molecule has 1 saturated heterocycles. The molecule has 1 aromatic carbocycles. The van der Waals surface area contributed by atoms with Gasteiger partial charge in [-0.25, -0.2) is 4.98 Å². The van der Waals surface area contributed by atoms with Crippen LogP contribution in [-0.4, -0.2) is 54.5 Å². The highest BCUT2D eigenvalue weighted by Gasteiger charge is 2.24. The van der Waals surface area contributed by atoms with Crippen molar-refractivity contribution in [2.24, 2.45) is 0 Å². The van der Waals surface area contributed by atoms with Crippen LogP contribution in [0.2, 0.25) is 0 Å². The summed E-state index contributed by atoms with van der Waals surface area (Å²) in [5, 5.41) is 2.75. The number of hydrogen-bond acceptors (Lipinski definition) is 5. The molecule has 7 nitrogen and oxygen atoms in total. The van der Waals surface area contributed by atoms with Crippen molar-refractivity contribution in [1.82, 2.24) is 15.2 Å². The second kappa shape index (κ2) is 7.94. The second-order valence-electron chi connectivity index (χ2n) is 5.90. The van der Waals surface area contributed by atoms with Gasteiger partial charge in [-0.15, -0.1) is 0 Å². The lowest BCUT2D eigenvalue weighted by molar-refractivity contribution is -0.121. The number of nitrogens with one attached hydrogen (secondary N) is 1. The molecule has 0 saturated carbocycles. The Balaban J connectivity index is 1.82. The Hall–Kier alpha value is -2.67. The number of hydrogen-bond donors (Lipinski definition) is 1. The number of amides is 2. The average Bonchev–Trinajstić information content (AvgIpc) is 3.10. The van der Waals surface area contributed by atoms with Crippen molar-refractivity contribution in [3.8, 4) is 11.3 Å². The molecular formula is C18H21N3O4. The highest BCUT2D eigenvalue weighted by molar-refractivity contribution is 5.97. The van der Waals surface area contributed by atoms with Crippen LogP contribution in [0.5, 0.6) is 0 Å². The molecule has 0 spiro atoms. The summed E-state index contributed by atoms with van der Waals surface area (Å²) in [7, 11) is 0. The summed E-state index contributed by atoms with van der Waals surface area (Å²) in [5.41, 5.74) is 2.12. The van der Waals surface area contributed by atoms with E-state index in [1.165, 1.54) is 6.39 Å². The molecule has 1 N–H and O–H groups in total. The number of carbonyl (C=O) groups is 2. The second-order valence-corrected chi connectivity index (χ2v) is 5.90. The maximum Gasteiger partial charge on any atom is 0.276 e. The van der Waals surface area contributed by atoms with Crippen LogP contribution >= 0.6 is 0 Å². The van der Waals surface area contributed by atoms with Crippen molar-refractivity contribution in [3.63, 3.8) is 0 Å². The Labute approximate surface area is 146 Å². The normalized spacial score (nSPS) is 16.4. The molecule has 2 heterocycles. The third kappa shape index (κ3) is 4.24. The molecule has 0 aliphatic carbocycles. The lowest BCUT2D eigenvalue weighted by atomic mass is 10.1. The van der Waals surface area contributed by atoms with Gasteiger partial charge in [-0.3, -0.25) is 9.59 Å². The molecule has 0 radical (unpaired) electrons. The Bertz CT molecular complexity index is 756. The van der Waals surface area contributed by atoms with Crippen LogP contribution in [0.1, 0.15) is 22.5 Å². The van der Waals surface area contributed by atoms with Crippen LogP contribution in [0.3, 0.4) is 0 Å². The lowest BCUT2D eigenvalue weighted by Gasteiger charge is -2.23. The van der Waals surface area contributed by atoms with Crippen LogP contribution in [-0.2, 0) is 9.53 Å². The zero-order chi connectivity index (χ0) is 17.6. The van der Waals surface area contributed by atoms with Gasteiger partial charge in [-0.2, -0.15) is 0 Å². The van der Waals surface area contributed by atoms with Gasteiger partial charge in [0.15, 0.2) is 17.8 Å². The summed E-state index contributed by atoms with van der Waals surface area (Å²) < 4.78 is 10.9. The number of ether oxygens (including phenoxy) is 1. The molecule has 0 bridgehead atoms. The number of nitrogens with zero attached hydrogens (tertiary/aromatic N) is 2. The van der Waals surface area contributed by atoms with Crippen LogP contribution in [0.15, 0.2) is 35.1 Å². The first-order valence-corrected chi connectivity index (χ1v) is 8.29. The molecule has 1 aliphatic rings. The fourth-order valence-electron chi connectivity index (χ4n) is 2.72. The Morgan fingerprint density at radius 2 is 2.16 bits per heavy atom. The fourth-order valence-corrected chi connectivity index (χ4v) is 2.72. The minimum Gasteiger partial charge on any atom is -0.443 e. The zero-order valence-electron chi connectivity index (χ0n) is 14.2. The molecular weight excluding hydrogens is 322 g/mol. The van der Waals surface area contributed by atoms with E-state index in [0.717, 1.165) is 11.1 Å². The average molecular weight is 343 g/mol. The van der Waals surface area contributed by atoms with Gasteiger partial charge >= 0.3 is 0 Å². The summed E-state index contributed by atoms with van der Waals surface area (Å²) in [6, 6.07) is 7.70. The van der Waals surface area contributed by atoms with E-state index < -0.39 is 0 Å². The minimum atomic E-state index is -0.262. The summed E-state index contributed by atoms with van der Waals surface area (Å²) >= 11 is 0. The SMILES string of the molecule is Cc1cccc(-c2ocnc2C(=O)N2CCOCCNC(=O)CC2)c1. The molecule has 25 heavy (non-hydrogen) atoms. The molecule has 2 amide bonds. The maximum absolute atomic E-state index is 12.9. The molecule has 132 valence electrons. The lowest BCUT2D eigenvalue weighted by Crippen LogP contribution is -2.40. The number of rotatable bonds is 2. The Morgan fingerprint density at radius 3 is 3.00 bits per heavy atom. The largest absolute Gasteiger partial charge is 0.443 e. The molecule has 1 aromatic heterocycles. The summed E-state index contributed by atoms with van der Waals surface area (Å²) in [6.45, 7) is 4.04. The molecule has 2 aromatic rings. The smallest absolute Gasteiger partial charge is 0.276 e. The van der Waals surface area contributed by atoms with E-state index in [1.54, 1.807) is 4.90 Å². The minimum absolute atomic E-state index is 0.0950. The van der Waals surface area contributed by atoms with Crippen molar-refractivity contribution < 1.29 is 18.7 Å². The summed E-state index contributed by atoms with van der Waals surface area (Å²) in [5.74, 6) is 0.0840. The fraction of sp³-hybridized carbons (Fsp3) is 0.389.